The first-order chi connectivity index (χ1) is 15.4. The van der Waals surface area contributed by atoms with Gasteiger partial charge in [0.2, 0.25) is 5.75 Å². The first-order valence-electron chi connectivity index (χ1n) is 9.58. The molecule has 0 heterocycles. The van der Waals surface area contributed by atoms with Crippen molar-refractivity contribution < 1.29 is 38.0 Å². The molecule has 1 amide bonds. The van der Waals surface area contributed by atoms with Gasteiger partial charge in [0, 0.05) is 12.6 Å². The number of hydrogen-bond donors (Lipinski definition) is 1. The summed E-state index contributed by atoms with van der Waals surface area (Å²) in [5, 5.41) is 2.68. The normalized spacial score (nSPS) is 10.4. The summed E-state index contributed by atoms with van der Waals surface area (Å²) < 4.78 is 31.2. The van der Waals surface area contributed by atoms with Gasteiger partial charge in [-0.25, -0.2) is 4.79 Å². The molecule has 0 saturated carbocycles. The zero-order valence-electron chi connectivity index (χ0n) is 18.7. The van der Waals surface area contributed by atoms with Crippen molar-refractivity contribution in [1.29, 1.82) is 0 Å². The lowest BCUT2D eigenvalue weighted by Crippen LogP contribution is -2.28. The molecule has 0 atom stereocenters. The van der Waals surface area contributed by atoms with Crippen molar-refractivity contribution in [2.45, 2.75) is 6.54 Å². The van der Waals surface area contributed by atoms with Crippen molar-refractivity contribution in [3.8, 4) is 28.7 Å². The fourth-order valence-electron chi connectivity index (χ4n) is 2.79. The number of rotatable bonds is 11. The van der Waals surface area contributed by atoms with Crippen LogP contribution in [0.4, 0.5) is 0 Å². The molecular weight excluding hydrogens is 418 g/mol. The van der Waals surface area contributed by atoms with E-state index in [0.717, 1.165) is 5.56 Å². The summed E-state index contributed by atoms with van der Waals surface area (Å²) in [5.74, 6) is 1.40. The maximum Gasteiger partial charge on any atom is 0.331 e. The lowest BCUT2D eigenvalue weighted by Gasteiger charge is -2.12. The molecule has 0 bridgehead atoms. The van der Waals surface area contributed by atoms with Gasteiger partial charge in [-0.15, -0.1) is 0 Å². The van der Waals surface area contributed by atoms with Gasteiger partial charge >= 0.3 is 5.97 Å². The highest BCUT2D eigenvalue weighted by molar-refractivity contribution is 5.89. The molecule has 0 spiro atoms. The van der Waals surface area contributed by atoms with Crippen molar-refractivity contribution in [1.82, 2.24) is 5.32 Å². The van der Waals surface area contributed by atoms with Crippen molar-refractivity contribution in [2.24, 2.45) is 0 Å². The number of ether oxygens (including phenoxy) is 6. The minimum atomic E-state index is -0.667. The van der Waals surface area contributed by atoms with Crippen LogP contribution < -0.4 is 29.0 Å². The van der Waals surface area contributed by atoms with Crippen molar-refractivity contribution in [3.05, 3.63) is 47.5 Å². The van der Waals surface area contributed by atoms with Crippen LogP contribution in [-0.2, 0) is 20.9 Å². The van der Waals surface area contributed by atoms with E-state index < -0.39 is 18.5 Å². The monoisotopic (exact) mass is 445 g/mol. The van der Waals surface area contributed by atoms with E-state index in [4.69, 9.17) is 28.4 Å². The second kappa shape index (κ2) is 12.1. The van der Waals surface area contributed by atoms with E-state index >= 15 is 0 Å². The minimum Gasteiger partial charge on any atom is -0.493 e. The Labute approximate surface area is 186 Å². The van der Waals surface area contributed by atoms with Crippen LogP contribution >= 0.6 is 0 Å². The highest BCUT2D eigenvalue weighted by Crippen LogP contribution is 2.38. The van der Waals surface area contributed by atoms with Crippen LogP contribution in [0.1, 0.15) is 11.1 Å². The average Bonchev–Trinajstić information content (AvgIpc) is 2.83. The number of nitrogens with one attached hydrogen (secondary N) is 1. The van der Waals surface area contributed by atoms with Crippen molar-refractivity contribution >= 4 is 18.0 Å². The number of esters is 1. The van der Waals surface area contributed by atoms with E-state index in [0.29, 0.717) is 34.3 Å². The van der Waals surface area contributed by atoms with Crippen LogP contribution in [0.25, 0.3) is 6.08 Å². The molecule has 2 aromatic rings. The van der Waals surface area contributed by atoms with Crippen LogP contribution in [-0.4, -0.2) is 54.0 Å². The summed E-state index contributed by atoms with van der Waals surface area (Å²) in [6.45, 7) is -0.163. The Morgan fingerprint density at radius 1 is 0.812 bits per heavy atom. The lowest BCUT2D eigenvalue weighted by atomic mass is 10.1. The Bertz CT molecular complexity index is 945. The molecule has 0 saturated heterocycles. The average molecular weight is 445 g/mol. The van der Waals surface area contributed by atoms with E-state index in [2.05, 4.69) is 5.32 Å². The van der Waals surface area contributed by atoms with Gasteiger partial charge in [-0.2, -0.15) is 0 Å². The van der Waals surface area contributed by atoms with Crippen LogP contribution in [0.3, 0.4) is 0 Å². The SMILES string of the molecule is COc1ccc(CNC(=O)COC(=O)/C=C/c2cc(OC)c(OC)c(OC)c2)cc1OC. The molecule has 0 aliphatic rings. The van der Waals surface area contributed by atoms with Gasteiger partial charge < -0.3 is 33.7 Å². The molecule has 172 valence electrons. The fourth-order valence-corrected chi connectivity index (χ4v) is 2.79. The summed E-state index contributed by atoms with van der Waals surface area (Å²) in [4.78, 5) is 24.0. The second-order valence-corrected chi connectivity index (χ2v) is 6.37. The fraction of sp³-hybridized carbons (Fsp3) is 0.304. The van der Waals surface area contributed by atoms with Crippen LogP contribution in [0.15, 0.2) is 36.4 Å². The predicted octanol–water partition coefficient (Wildman–Crippen LogP) is 2.60. The third-order valence-electron chi connectivity index (χ3n) is 4.38. The topological polar surface area (TPSA) is 102 Å². The quantitative estimate of drug-likeness (QED) is 0.416. The molecule has 0 aromatic heterocycles. The third kappa shape index (κ3) is 6.56. The maximum atomic E-state index is 12.0. The van der Waals surface area contributed by atoms with Crippen LogP contribution in [0, 0.1) is 0 Å². The Balaban J connectivity index is 1.89. The van der Waals surface area contributed by atoms with Crippen molar-refractivity contribution in [2.75, 3.05) is 42.2 Å². The zero-order valence-corrected chi connectivity index (χ0v) is 18.7. The van der Waals surface area contributed by atoms with Gasteiger partial charge in [0.05, 0.1) is 35.5 Å². The highest BCUT2D eigenvalue weighted by atomic mass is 16.5. The molecule has 0 unspecified atom stereocenters. The summed E-state index contributed by atoms with van der Waals surface area (Å²) in [5.41, 5.74) is 1.44. The molecule has 32 heavy (non-hydrogen) atoms. The first-order valence-corrected chi connectivity index (χ1v) is 9.58. The van der Waals surface area contributed by atoms with E-state index in [9.17, 15) is 9.59 Å². The molecule has 9 heteroatoms. The molecule has 2 aromatic carbocycles. The molecule has 1 N–H and O–H groups in total. The number of carbonyl (C=O) groups is 2. The minimum absolute atomic E-state index is 0.248. The molecule has 2 rings (SSSR count). The van der Waals surface area contributed by atoms with Crippen LogP contribution in [0.2, 0.25) is 0 Å². The molecule has 0 fully saturated rings. The number of hydrogen-bond acceptors (Lipinski definition) is 8. The van der Waals surface area contributed by atoms with Gasteiger partial charge in [0.15, 0.2) is 29.6 Å². The van der Waals surface area contributed by atoms with E-state index in [1.165, 1.54) is 40.6 Å². The van der Waals surface area contributed by atoms with Crippen molar-refractivity contribution in [3.63, 3.8) is 0 Å². The van der Waals surface area contributed by atoms with Crippen LogP contribution in [0.5, 0.6) is 28.7 Å². The van der Waals surface area contributed by atoms with Gasteiger partial charge in [0.1, 0.15) is 0 Å². The molecular formula is C23H27NO8. The maximum absolute atomic E-state index is 12.0. The number of methoxy groups -OCH3 is 5. The summed E-state index contributed by atoms with van der Waals surface area (Å²) >= 11 is 0. The first kappa shape index (κ1) is 24.4. The molecule has 0 radical (unpaired) electrons. The Kier molecular flexibility index (Phi) is 9.22. The van der Waals surface area contributed by atoms with E-state index in [1.807, 2.05) is 0 Å². The number of carbonyl (C=O) groups excluding carboxylic acids is 2. The summed E-state index contributed by atoms with van der Waals surface area (Å²) in [6.07, 6.45) is 2.73. The standard InChI is InChI=1S/C23H27NO8/c1-27-17-8-6-16(12-18(17)28-2)13-24-21(25)14-32-22(26)9-7-15-10-19(29-3)23(31-5)20(11-15)30-4/h6-12H,13-14H2,1-5H3,(H,24,25)/b9-7+. The number of amides is 1. The predicted molar refractivity (Wildman–Crippen MR) is 117 cm³/mol. The van der Waals surface area contributed by atoms with Gasteiger partial charge in [-0.3, -0.25) is 4.79 Å². The zero-order chi connectivity index (χ0) is 23.5. The Hall–Kier alpha value is -3.88. The van der Waals surface area contributed by atoms with Gasteiger partial charge in [-0.1, -0.05) is 6.07 Å². The summed E-state index contributed by atoms with van der Waals surface area (Å²) in [6, 6.07) is 8.66. The molecule has 0 aliphatic heterocycles. The second-order valence-electron chi connectivity index (χ2n) is 6.37. The Morgan fingerprint density at radius 3 is 2.00 bits per heavy atom. The largest absolute Gasteiger partial charge is 0.493 e. The molecule has 0 aliphatic carbocycles. The lowest BCUT2D eigenvalue weighted by molar-refractivity contribution is -0.143. The molecule has 9 nitrogen and oxygen atoms in total. The van der Waals surface area contributed by atoms with Gasteiger partial charge in [0.25, 0.3) is 5.91 Å². The number of benzene rings is 2. The van der Waals surface area contributed by atoms with Gasteiger partial charge in [-0.05, 0) is 41.5 Å². The van der Waals surface area contributed by atoms with E-state index in [-0.39, 0.29) is 6.54 Å². The third-order valence-corrected chi connectivity index (χ3v) is 4.38. The van der Waals surface area contributed by atoms with E-state index in [1.54, 1.807) is 37.4 Å². The Morgan fingerprint density at radius 2 is 1.44 bits per heavy atom. The highest BCUT2D eigenvalue weighted by Gasteiger charge is 2.12. The smallest absolute Gasteiger partial charge is 0.331 e. The summed E-state index contributed by atoms with van der Waals surface area (Å²) in [7, 11) is 7.58.